The molecular weight excluding hydrogens is 321 g/mol. The Morgan fingerprint density at radius 2 is 1.84 bits per heavy atom. The summed E-state index contributed by atoms with van der Waals surface area (Å²) in [5, 5.41) is 18.7. The molecule has 0 aliphatic carbocycles. The molecule has 1 aromatic heterocycles. The van der Waals surface area contributed by atoms with E-state index in [9.17, 15) is 14.3 Å². The van der Waals surface area contributed by atoms with Crippen LogP contribution in [0.3, 0.4) is 0 Å². The van der Waals surface area contributed by atoms with Crippen molar-refractivity contribution in [1.29, 1.82) is 0 Å². The van der Waals surface area contributed by atoms with Gasteiger partial charge in [-0.15, -0.1) is 10.2 Å². The summed E-state index contributed by atoms with van der Waals surface area (Å²) in [6.07, 6.45) is 0. The fourth-order valence-corrected chi connectivity index (χ4v) is 2.70. The van der Waals surface area contributed by atoms with Crippen molar-refractivity contribution in [1.82, 2.24) is 4.57 Å². The van der Waals surface area contributed by atoms with Crippen LogP contribution in [-0.4, -0.2) is 15.6 Å². The van der Waals surface area contributed by atoms with Crippen LogP contribution in [0.4, 0.5) is 10.1 Å². The first-order valence-corrected chi connectivity index (χ1v) is 8.00. The molecule has 2 aromatic carbocycles. The maximum atomic E-state index is 13.7. The second-order valence-corrected chi connectivity index (χ2v) is 6.18. The van der Waals surface area contributed by atoms with E-state index in [-0.39, 0.29) is 17.1 Å². The number of hydrogen-bond acceptors (Lipinski definition) is 3. The summed E-state index contributed by atoms with van der Waals surface area (Å²) < 4.78 is 15.4. The number of carbonyl (C=O) groups excluding carboxylic acids is 1. The van der Waals surface area contributed by atoms with Crippen molar-refractivity contribution in [2.24, 2.45) is 16.1 Å². The Morgan fingerprint density at radius 3 is 2.56 bits per heavy atom. The molecule has 6 heteroatoms. The molecule has 0 aliphatic heterocycles. The van der Waals surface area contributed by atoms with Crippen LogP contribution in [0.25, 0.3) is 10.9 Å². The third kappa shape index (κ3) is 3.28. The van der Waals surface area contributed by atoms with Gasteiger partial charge in [0.05, 0.1) is 11.1 Å². The Balaban J connectivity index is 2.03. The molecule has 0 atom stereocenters. The molecule has 0 bridgehead atoms. The number of para-hydroxylation sites is 1. The van der Waals surface area contributed by atoms with Gasteiger partial charge in [0.15, 0.2) is 5.69 Å². The number of carbonyl (C=O) groups is 1. The lowest BCUT2D eigenvalue weighted by Crippen LogP contribution is -2.03. The smallest absolute Gasteiger partial charge is 0.298 e. The van der Waals surface area contributed by atoms with Gasteiger partial charge in [0, 0.05) is 11.9 Å². The van der Waals surface area contributed by atoms with Crippen molar-refractivity contribution < 1.29 is 14.3 Å². The van der Waals surface area contributed by atoms with Crippen molar-refractivity contribution in [3.05, 3.63) is 59.9 Å². The van der Waals surface area contributed by atoms with E-state index < -0.39 is 11.7 Å². The van der Waals surface area contributed by atoms with Gasteiger partial charge in [-0.25, -0.2) is 4.39 Å². The van der Waals surface area contributed by atoms with Gasteiger partial charge in [0.1, 0.15) is 5.82 Å². The summed E-state index contributed by atoms with van der Waals surface area (Å²) in [6, 6.07) is 12.9. The molecule has 0 spiro atoms. The zero-order chi connectivity index (χ0) is 18.0. The summed E-state index contributed by atoms with van der Waals surface area (Å²) in [5.41, 5.74) is 0.860. The highest BCUT2D eigenvalue weighted by Crippen LogP contribution is 2.39. The van der Waals surface area contributed by atoms with Crippen LogP contribution in [0.15, 0.2) is 58.8 Å². The molecule has 1 amide bonds. The molecule has 3 rings (SSSR count). The highest BCUT2D eigenvalue weighted by atomic mass is 19.1. The average molecular weight is 339 g/mol. The SMILES string of the molecule is CC(C)Cn1c(O)c(N=NC(=O)c2ccccc2F)c2ccccc21. The van der Waals surface area contributed by atoms with Crippen LogP contribution in [0.1, 0.15) is 24.2 Å². The summed E-state index contributed by atoms with van der Waals surface area (Å²) in [6.45, 7) is 4.68. The summed E-state index contributed by atoms with van der Waals surface area (Å²) >= 11 is 0. The zero-order valence-corrected chi connectivity index (χ0v) is 14.0. The number of nitrogens with zero attached hydrogens (tertiary/aromatic N) is 3. The van der Waals surface area contributed by atoms with E-state index in [0.29, 0.717) is 17.8 Å². The lowest BCUT2D eigenvalue weighted by atomic mass is 10.2. The molecular formula is C19H18FN3O2. The Kier molecular flexibility index (Phi) is 4.61. The van der Waals surface area contributed by atoms with E-state index in [4.69, 9.17) is 0 Å². The number of hydrogen-bond donors (Lipinski definition) is 1. The molecule has 5 nitrogen and oxygen atoms in total. The Bertz CT molecular complexity index is 960. The molecule has 128 valence electrons. The number of aromatic nitrogens is 1. The Labute approximate surface area is 144 Å². The largest absolute Gasteiger partial charge is 0.493 e. The quantitative estimate of drug-likeness (QED) is 0.675. The number of rotatable bonds is 4. The van der Waals surface area contributed by atoms with Crippen LogP contribution < -0.4 is 0 Å². The third-order valence-corrected chi connectivity index (χ3v) is 3.81. The Hall–Kier alpha value is -3.02. The van der Waals surface area contributed by atoms with Crippen LogP contribution in [0, 0.1) is 11.7 Å². The van der Waals surface area contributed by atoms with E-state index in [1.54, 1.807) is 16.7 Å². The second-order valence-electron chi connectivity index (χ2n) is 6.18. The molecule has 0 unspecified atom stereocenters. The Morgan fingerprint density at radius 1 is 1.16 bits per heavy atom. The minimum Gasteiger partial charge on any atom is -0.493 e. The van der Waals surface area contributed by atoms with E-state index in [1.807, 2.05) is 32.0 Å². The topological polar surface area (TPSA) is 66.9 Å². The monoisotopic (exact) mass is 339 g/mol. The number of azo groups is 1. The molecule has 0 saturated carbocycles. The van der Waals surface area contributed by atoms with Crippen LogP contribution in [0.5, 0.6) is 5.88 Å². The first kappa shape index (κ1) is 16.8. The number of benzene rings is 2. The van der Waals surface area contributed by atoms with Crippen LogP contribution >= 0.6 is 0 Å². The average Bonchev–Trinajstić information content (AvgIpc) is 2.85. The third-order valence-electron chi connectivity index (χ3n) is 3.81. The van der Waals surface area contributed by atoms with Gasteiger partial charge >= 0.3 is 0 Å². The van der Waals surface area contributed by atoms with Crippen molar-refractivity contribution in [2.75, 3.05) is 0 Å². The summed E-state index contributed by atoms with van der Waals surface area (Å²) in [4.78, 5) is 12.1. The van der Waals surface area contributed by atoms with Crippen molar-refractivity contribution >= 4 is 22.5 Å². The molecule has 3 aromatic rings. The van der Waals surface area contributed by atoms with E-state index in [0.717, 1.165) is 5.52 Å². The lowest BCUT2D eigenvalue weighted by Gasteiger charge is -2.09. The molecule has 1 heterocycles. The van der Waals surface area contributed by atoms with E-state index in [2.05, 4.69) is 10.2 Å². The summed E-state index contributed by atoms with van der Waals surface area (Å²) in [5.74, 6) is -1.19. The number of fused-ring (bicyclic) bond motifs is 1. The molecule has 25 heavy (non-hydrogen) atoms. The fourth-order valence-electron chi connectivity index (χ4n) is 2.70. The van der Waals surface area contributed by atoms with Gasteiger partial charge < -0.3 is 9.67 Å². The second kappa shape index (κ2) is 6.84. The first-order valence-electron chi connectivity index (χ1n) is 8.00. The summed E-state index contributed by atoms with van der Waals surface area (Å²) in [7, 11) is 0. The molecule has 0 fully saturated rings. The molecule has 0 saturated heterocycles. The van der Waals surface area contributed by atoms with Crippen molar-refractivity contribution in [3.63, 3.8) is 0 Å². The van der Waals surface area contributed by atoms with E-state index >= 15 is 0 Å². The number of aromatic hydroxyl groups is 1. The maximum absolute atomic E-state index is 13.7. The standard InChI is InChI=1S/C19H18FN3O2/c1-12(2)11-23-16-10-6-4-8-14(16)17(19(23)25)21-22-18(24)13-7-3-5-9-15(13)20/h3-10,12,25H,11H2,1-2H3. The van der Waals surface area contributed by atoms with E-state index in [1.165, 1.54) is 18.2 Å². The molecule has 0 radical (unpaired) electrons. The first-order chi connectivity index (χ1) is 12.0. The number of halogens is 1. The number of amides is 1. The normalized spacial score (nSPS) is 11.7. The minimum atomic E-state index is -0.793. The van der Waals surface area contributed by atoms with Gasteiger partial charge in [0.25, 0.3) is 5.91 Å². The molecule has 1 N–H and O–H groups in total. The van der Waals surface area contributed by atoms with Crippen molar-refractivity contribution in [2.45, 2.75) is 20.4 Å². The van der Waals surface area contributed by atoms with Gasteiger partial charge in [0.2, 0.25) is 5.88 Å². The zero-order valence-electron chi connectivity index (χ0n) is 14.0. The predicted octanol–water partition coefficient (Wildman–Crippen LogP) is 5.07. The minimum absolute atomic E-state index is 0.0556. The van der Waals surface area contributed by atoms with Gasteiger partial charge in [-0.3, -0.25) is 4.79 Å². The van der Waals surface area contributed by atoms with Gasteiger partial charge in [-0.05, 0) is 24.1 Å². The predicted molar refractivity (Wildman–Crippen MR) is 93.7 cm³/mol. The van der Waals surface area contributed by atoms with Crippen molar-refractivity contribution in [3.8, 4) is 5.88 Å². The fraction of sp³-hybridized carbons (Fsp3) is 0.211. The van der Waals surface area contributed by atoms with Gasteiger partial charge in [-0.1, -0.05) is 44.2 Å². The van der Waals surface area contributed by atoms with Crippen LogP contribution in [-0.2, 0) is 6.54 Å². The maximum Gasteiger partial charge on any atom is 0.298 e. The van der Waals surface area contributed by atoms with Crippen LogP contribution in [0.2, 0.25) is 0 Å². The molecule has 0 aliphatic rings. The lowest BCUT2D eigenvalue weighted by molar-refractivity contribution is 0.0991. The highest BCUT2D eigenvalue weighted by molar-refractivity contribution is 5.97. The van der Waals surface area contributed by atoms with Gasteiger partial charge in [-0.2, -0.15) is 0 Å². The highest BCUT2D eigenvalue weighted by Gasteiger charge is 2.18.